The monoisotopic (exact) mass is 379 g/mol. The molecule has 0 saturated carbocycles. The van der Waals surface area contributed by atoms with Crippen molar-refractivity contribution < 1.29 is 14.3 Å². The van der Waals surface area contributed by atoms with Crippen LogP contribution in [0.25, 0.3) is 0 Å². The molecule has 2 aromatic carbocycles. The summed E-state index contributed by atoms with van der Waals surface area (Å²) in [7, 11) is 0. The lowest BCUT2D eigenvalue weighted by Gasteiger charge is -2.10. The molecule has 2 amide bonds. The minimum Gasteiger partial charge on any atom is -0.492 e. The van der Waals surface area contributed by atoms with Crippen molar-refractivity contribution in [2.24, 2.45) is 5.10 Å². The topological polar surface area (TPSA) is 79.8 Å². The standard InChI is InChI=1S/C17H15Cl2N3O3/c1-2-25-15-6-4-3-5-14(15)21-16(23)17(24)22-20-10-11-7-8-12(18)9-13(11)19/h3-10H,2H2,1H3,(H,21,23)(H,22,24)/b20-10-. The molecule has 6 nitrogen and oxygen atoms in total. The van der Waals surface area contributed by atoms with Crippen molar-refractivity contribution in [1.82, 2.24) is 5.43 Å². The molecule has 0 aliphatic rings. The van der Waals surface area contributed by atoms with E-state index in [4.69, 9.17) is 27.9 Å². The van der Waals surface area contributed by atoms with Crippen LogP contribution in [0, 0.1) is 0 Å². The van der Waals surface area contributed by atoms with E-state index < -0.39 is 11.8 Å². The quantitative estimate of drug-likeness (QED) is 0.474. The van der Waals surface area contributed by atoms with Gasteiger partial charge in [0, 0.05) is 10.6 Å². The highest BCUT2D eigenvalue weighted by molar-refractivity contribution is 6.40. The molecular weight excluding hydrogens is 365 g/mol. The minimum atomic E-state index is -0.923. The van der Waals surface area contributed by atoms with Gasteiger partial charge in [-0.2, -0.15) is 5.10 Å². The van der Waals surface area contributed by atoms with Gasteiger partial charge in [-0.25, -0.2) is 5.43 Å². The van der Waals surface area contributed by atoms with Gasteiger partial charge in [-0.1, -0.05) is 41.4 Å². The summed E-state index contributed by atoms with van der Waals surface area (Å²) in [5, 5.41) is 7.04. The van der Waals surface area contributed by atoms with Crippen LogP contribution in [-0.4, -0.2) is 24.6 Å². The molecule has 0 aromatic heterocycles. The van der Waals surface area contributed by atoms with Crippen molar-refractivity contribution in [3.8, 4) is 5.75 Å². The molecule has 2 N–H and O–H groups in total. The van der Waals surface area contributed by atoms with Crippen LogP contribution in [0.2, 0.25) is 10.0 Å². The zero-order valence-electron chi connectivity index (χ0n) is 13.3. The molecule has 25 heavy (non-hydrogen) atoms. The Morgan fingerprint density at radius 1 is 1.16 bits per heavy atom. The molecule has 0 radical (unpaired) electrons. The molecule has 0 heterocycles. The normalized spacial score (nSPS) is 10.5. The molecule has 0 bridgehead atoms. The Kier molecular flexibility index (Phi) is 6.80. The Labute approximate surface area is 154 Å². The molecule has 0 aliphatic carbocycles. The number of nitrogens with one attached hydrogen (secondary N) is 2. The Morgan fingerprint density at radius 3 is 2.64 bits per heavy atom. The summed E-state index contributed by atoms with van der Waals surface area (Å²) in [5.74, 6) is -1.32. The Hall–Kier alpha value is -2.57. The second kappa shape index (κ2) is 9.05. The highest BCUT2D eigenvalue weighted by Crippen LogP contribution is 2.23. The number of halogens is 2. The van der Waals surface area contributed by atoms with E-state index in [1.165, 1.54) is 6.21 Å². The predicted octanol–water partition coefficient (Wildman–Crippen LogP) is 3.48. The van der Waals surface area contributed by atoms with Crippen LogP contribution in [0.4, 0.5) is 5.69 Å². The van der Waals surface area contributed by atoms with Crippen LogP contribution in [0.15, 0.2) is 47.6 Å². The van der Waals surface area contributed by atoms with E-state index in [2.05, 4.69) is 15.8 Å². The molecule has 8 heteroatoms. The average molecular weight is 380 g/mol. The summed E-state index contributed by atoms with van der Waals surface area (Å²) >= 11 is 11.8. The third-order valence-electron chi connectivity index (χ3n) is 2.97. The average Bonchev–Trinajstić information content (AvgIpc) is 2.58. The number of ether oxygens (including phenoxy) is 1. The maximum absolute atomic E-state index is 11.9. The van der Waals surface area contributed by atoms with Gasteiger partial charge in [-0.15, -0.1) is 0 Å². The molecule has 0 saturated heterocycles. The van der Waals surface area contributed by atoms with E-state index in [0.717, 1.165) is 0 Å². The number of para-hydroxylation sites is 2. The third-order valence-corrected chi connectivity index (χ3v) is 3.54. The summed E-state index contributed by atoms with van der Waals surface area (Å²) in [4.78, 5) is 23.7. The molecule has 0 aliphatic heterocycles. The fourth-order valence-corrected chi connectivity index (χ4v) is 2.31. The number of anilines is 1. The third kappa shape index (κ3) is 5.48. The lowest BCUT2D eigenvalue weighted by molar-refractivity contribution is -0.136. The fourth-order valence-electron chi connectivity index (χ4n) is 1.85. The number of hydrogen-bond acceptors (Lipinski definition) is 4. The van der Waals surface area contributed by atoms with Gasteiger partial charge in [0.25, 0.3) is 0 Å². The van der Waals surface area contributed by atoms with Gasteiger partial charge in [0.2, 0.25) is 0 Å². The molecule has 2 aromatic rings. The number of nitrogens with zero attached hydrogens (tertiary/aromatic N) is 1. The number of hydrogen-bond donors (Lipinski definition) is 2. The lowest BCUT2D eigenvalue weighted by Crippen LogP contribution is -2.32. The summed E-state index contributed by atoms with van der Waals surface area (Å²) < 4.78 is 5.38. The number of amides is 2. The molecule has 0 atom stereocenters. The van der Waals surface area contributed by atoms with Crippen LogP contribution >= 0.6 is 23.2 Å². The van der Waals surface area contributed by atoms with Gasteiger partial charge in [-0.05, 0) is 31.2 Å². The molecular formula is C17H15Cl2N3O3. The summed E-state index contributed by atoms with van der Waals surface area (Å²) in [6.07, 6.45) is 1.32. The zero-order valence-corrected chi connectivity index (χ0v) is 14.8. The van der Waals surface area contributed by atoms with E-state index in [1.54, 1.807) is 42.5 Å². The smallest absolute Gasteiger partial charge is 0.329 e. The first kappa shape index (κ1) is 18.8. The lowest BCUT2D eigenvalue weighted by atomic mass is 10.2. The van der Waals surface area contributed by atoms with Gasteiger partial charge >= 0.3 is 11.8 Å². The van der Waals surface area contributed by atoms with E-state index in [9.17, 15) is 9.59 Å². The Bertz CT molecular complexity index is 809. The van der Waals surface area contributed by atoms with Crippen molar-refractivity contribution in [2.45, 2.75) is 6.92 Å². The van der Waals surface area contributed by atoms with Crippen molar-refractivity contribution >= 4 is 46.9 Å². The predicted molar refractivity (Wildman–Crippen MR) is 98.4 cm³/mol. The first-order valence-corrected chi connectivity index (χ1v) is 8.08. The molecule has 2 rings (SSSR count). The maximum Gasteiger partial charge on any atom is 0.329 e. The van der Waals surface area contributed by atoms with Gasteiger partial charge in [0.15, 0.2) is 0 Å². The van der Waals surface area contributed by atoms with Gasteiger partial charge in [0.05, 0.1) is 23.5 Å². The van der Waals surface area contributed by atoms with E-state index in [1.807, 2.05) is 6.92 Å². The number of benzene rings is 2. The summed E-state index contributed by atoms with van der Waals surface area (Å²) in [6.45, 7) is 2.26. The van der Waals surface area contributed by atoms with Crippen LogP contribution < -0.4 is 15.5 Å². The van der Waals surface area contributed by atoms with Gasteiger partial charge < -0.3 is 10.1 Å². The SMILES string of the molecule is CCOc1ccccc1NC(=O)C(=O)N/N=C\c1ccc(Cl)cc1Cl. The second-order valence-corrected chi connectivity index (χ2v) is 5.59. The maximum atomic E-state index is 11.9. The summed E-state index contributed by atoms with van der Waals surface area (Å²) in [6, 6.07) is 11.6. The fraction of sp³-hybridized carbons (Fsp3) is 0.118. The van der Waals surface area contributed by atoms with Crippen molar-refractivity contribution in [1.29, 1.82) is 0 Å². The van der Waals surface area contributed by atoms with Crippen molar-refractivity contribution in [3.05, 3.63) is 58.1 Å². The van der Waals surface area contributed by atoms with E-state index >= 15 is 0 Å². The zero-order chi connectivity index (χ0) is 18.2. The Morgan fingerprint density at radius 2 is 1.92 bits per heavy atom. The highest BCUT2D eigenvalue weighted by Gasteiger charge is 2.15. The first-order valence-electron chi connectivity index (χ1n) is 7.32. The van der Waals surface area contributed by atoms with Crippen LogP contribution in [0.1, 0.15) is 12.5 Å². The molecule has 130 valence electrons. The van der Waals surface area contributed by atoms with E-state index in [-0.39, 0.29) is 0 Å². The van der Waals surface area contributed by atoms with Crippen LogP contribution in [0.3, 0.4) is 0 Å². The number of hydrazone groups is 1. The van der Waals surface area contributed by atoms with Crippen molar-refractivity contribution in [3.63, 3.8) is 0 Å². The van der Waals surface area contributed by atoms with Crippen molar-refractivity contribution in [2.75, 3.05) is 11.9 Å². The largest absolute Gasteiger partial charge is 0.492 e. The van der Waals surface area contributed by atoms with Crippen LogP contribution in [0.5, 0.6) is 5.75 Å². The van der Waals surface area contributed by atoms with E-state index in [0.29, 0.717) is 33.7 Å². The first-order chi connectivity index (χ1) is 12.0. The molecule has 0 unspecified atom stereocenters. The number of rotatable bonds is 5. The minimum absolute atomic E-state index is 0.376. The van der Waals surface area contributed by atoms with Crippen LogP contribution in [-0.2, 0) is 9.59 Å². The van der Waals surface area contributed by atoms with Gasteiger partial charge in [-0.3, -0.25) is 9.59 Å². The van der Waals surface area contributed by atoms with Gasteiger partial charge in [0.1, 0.15) is 5.75 Å². The summed E-state index contributed by atoms with van der Waals surface area (Å²) in [5.41, 5.74) is 3.08. The highest BCUT2D eigenvalue weighted by atomic mass is 35.5. The molecule has 0 fully saturated rings. The Balaban J connectivity index is 1.97. The number of carbonyl (C=O) groups excluding carboxylic acids is 2. The number of carbonyl (C=O) groups is 2. The molecule has 0 spiro atoms. The second-order valence-electron chi connectivity index (χ2n) is 4.75.